The molecule has 1 unspecified atom stereocenters. The fourth-order valence-corrected chi connectivity index (χ4v) is 2.99. The Morgan fingerprint density at radius 3 is 2.54 bits per heavy atom. The molecule has 1 atom stereocenters. The van der Waals surface area contributed by atoms with Crippen LogP contribution in [0.2, 0.25) is 0 Å². The number of carbonyl (C=O) groups excluding carboxylic acids is 2. The Balaban J connectivity index is 1.60. The van der Waals surface area contributed by atoms with Gasteiger partial charge in [0.1, 0.15) is 6.54 Å². The first-order chi connectivity index (χ1) is 13.4. The molecule has 3 amide bonds. The summed E-state index contributed by atoms with van der Waals surface area (Å²) in [4.78, 5) is 26.2. The number of anilines is 1. The summed E-state index contributed by atoms with van der Waals surface area (Å²) in [6.07, 6.45) is 1.84. The van der Waals surface area contributed by atoms with Crippen molar-refractivity contribution in [2.45, 2.75) is 26.8 Å². The van der Waals surface area contributed by atoms with Crippen LogP contribution in [0, 0.1) is 13.8 Å². The number of nitrogens with one attached hydrogen (secondary N) is 2. The van der Waals surface area contributed by atoms with Gasteiger partial charge in [0.05, 0.1) is 6.04 Å². The van der Waals surface area contributed by atoms with Crippen LogP contribution in [0.3, 0.4) is 0 Å². The summed E-state index contributed by atoms with van der Waals surface area (Å²) in [5, 5.41) is 14.0. The number of aromatic nitrogens is 3. The minimum Gasteiger partial charge on any atom is -0.328 e. The van der Waals surface area contributed by atoms with E-state index < -0.39 is 0 Å². The number of aryl methyl sites for hydroxylation is 2. The number of hydrogen-bond acceptors (Lipinski definition) is 4. The quantitative estimate of drug-likeness (QED) is 0.712. The summed E-state index contributed by atoms with van der Waals surface area (Å²) < 4.78 is 1.82. The second-order valence-electron chi connectivity index (χ2n) is 6.83. The molecule has 2 heterocycles. The van der Waals surface area contributed by atoms with Gasteiger partial charge in [0.25, 0.3) is 0 Å². The average Bonchev–Trinajstić information content (AvgIpc) is 3.09. The van der Waals surface area contributed by atoms with E-state index in [-0.39, 0.29) is 24.5 Å². The maximum Gasteiger partial charge on any atom is 0.318 e. The number of likely N-dealkylation sites (N-methyl/N-ethyl adjacent to an activating group) is 1. The summed E-state index contributed by atoms with van der Waals surface area (Å²) >= 11 is 0. The van der Waals surface area contributed by atoms with Crippen molar-refractivity contribution in [3.63, 3.8) is 0 Å². The van der Waals surface area contributed by atoms with Crippen molar-refractivity contribution in [1.29, 1.82) is 0 Å². The molecule has 2 aromatic heterocycles. The van der Waals surface area contributed by atoms with Crippen molar-refractivity contribution in [3.05, 3.63) is 59.5 Å². The van der Waals surface area contributed by atoms with Crippen LogP contribution in [0.4, 0.5) is 10.5 Å². The predicted octanol–water partition coefficient (Wildman–Crippen LogP) is 2.69. The van der Waals surface area contributed by atoms with E-state index in [1.54, 1.807) is 7.05 Å². The molecule has 0 spiro atoms. The van der Waals surface area contributed by atoms with Crippen molar-refractivity contribution in [2.75, 3.05) is 18.9 Å². The van der Waals surface area contributed by atoms with Crippen LogP contribution in [-0.2, 0) is 4.79 Å². The van der Waals surface area contributed by atoms with Crippen molar-refractivity contribution in [3.8, 4) is 0 Å². The zero-order valence-electron chi connectivity index (χ0n) is 16.4. The molecule has 3 aromatic rings. The van der Waals surface area contributed by atoms with Crippen LogP contribution >= 0.6 is 0 Å². The van der Waals surface area contributed by atoms with Crippen LogP contribution in [0.15, 0.2) is 42.6 Å². The molecule has 0 radical (unpaired) electrons. The number of hydrogen-bond donors (Lipinski definition) is 2. The van der Waals surface area contributed by atoms with Crippen LogP contribution < -0.4 is 10.6 Å². The molecule has 0 saturated heterocycles. The number of nitrogens with zero attached hydrogens (tertiary/aromatic N) is 4. The van der Waals surface area contributed by atoms with Gasteiger partial charge < -0.3 is 15.5 Å². The molecule has 0 aliphatic heterocycles. The number of fused-ring (bicyclic) bond motifs is 1. The highest BCUT2D eigenvalue weighted by Gasteiger charge is 2.19. The number of pyridine rings is 1. The van der Waals surface area contributed by atoms with E-state index >= 15 is 0 Å². The molecular weight excluding hydrogens is 356 g/mol. The molecule has 2 N–H and O–H groups in total. The Morgan fingerprint density at radius 2 is 1.82 bits per heavy atom. The number of rotatable bonds is 5. The van der Waals surface area contributed by atoms with Gasteiger partial charge in [0.2, 0.25) is 5.91 Å². The zero-order valence-corrected chi connectivity index (χ0v) is 16.4. The van der Waals surface area contributed by atoms with Crippen molar-refractivity contribution >= 4 is 23.3 Å². The van der Waals surface area contributed by atoms with E-state index in [1.165, 1.54) is 4.90 Å². The van der Waals surface area contributed by atoms with Gasteiger partial charge in [0, 0.05) is 18.9 Å². The Hall–Kier alpha value is -3.42. The van der Waals surface area contributed by atoms with E-state index in [4.69, 9.17) is 0 Å². The highest BCUT2D eigenvalue weighted by atomic mass is 16.2. The maximum absolute atomic E-state index is 12.5. The minimum absolute atomic E-state index is 0.0626. The molecular formula is C20H24N6O2. The van der Waals surface area contributed by atoms with Crippen LogP contribution in [0.25, 0.3) is 5.65 Å². The minimum atomic E-state index is -0.367. The lowest BCUT2D eigenvalue weighted by atomic mass is 10.1. The van der Waals surface area contributed by atoms with Gasteiger partial charge in [-0.25, -0.2) is 4.79 Å². The van der Waals surface area contributed by atoms with E-state index in [9.17, 15) is 9.59 Å². The molecule has 0 aliphatic rings. The topological polar surface area (TPSA) is 91.6 Å². The van der Waals surface area contributed by atoms with Gasteiger partial charge in [-0.2, -0.15) is 0 Å². The maximum atomic E-state index is 12.5. The molecule has 146 valence electrons. The number of benzene rings is 1. The lowest BCUT2D eigenvalue weighted by Gasteiger charge is -2.21. The van der Waals surface area contributed by atoms with Crippen molar-refractivity contribution < 1.29 is 9.59 Å². The van der Waals surface area contributed by atoms with E-state index in [0.29, 0.717) is 11.5 Å². The standard InChI is InChI=1S/C20H24N6O2/c1-13-8-7-9-14(2)18(13)22-17(27)12-25(4)20(28)21-15(3)19-24-23-16-10-5-6-11-26(16)19/h5-11,15H,12H2,1-4H3,(H,21,28)(H,22,27). The lowest BCUT2D eigenvalue weighted by molar-refractivity contribution is -0.116. The number of carbonyl (C=O) groups is 2. The average molecular weight is 380 g/mol. The molecule has 8 nitrogen and oxygen atoms in total. The largest absolute Gasteiger partial charge is 0.328 e. The fourth-order valence-electron chi connectivity index (χ4n) is 2.99. The molecule has 0 fully saturated rings. The van der Waals surface area contributed by atoms with Gasteiger partial charge in [0.15, 0.2) is 11.5 Å². The molecule has 0 aliphatic carbocycles. The Labute approximate surface area is 163 Å². The molecule has 3 rings (SSSR count). The van der Waals surface area contributed by atoms with Gasteiger partial charge >= 0.3 is 6.03 Å². The molecule has 28 heavy (non-hydrogen) atoms. The summed E-state index contributed by atoms with van der Waals surface area (Å²) in [6.45, 7) is 5.63. The monoisotopic (exact) mass is 380 g/mol. The summed E-state index contributed by atoms with van der Waals surface area (Å²) in [6, 6.07) is 10.7. The molecule has 1 aromatic carbocycles. The lowest BCUT2D eigenvalue weighted by Crippen LogP contribution is -2.42. The molecule has 0 saturated carbocycles. The SMILES string of the molecule is Cc1cccc(C)c1NC(=O)CN(C)C(=O)NC(C)c1nnc2ccccn12. The highest BCUT2D eigenvalue weighted by Crippen LogP contribution is 2.19. The Kier molecular flexibility index (Phi) is 5.58. The summed E-state index contributed by atoms with van der Waals surface area (Å²) in [7, 11) is 1.58. The second-order valence-corrected chi connectivity index (χ2v) is 6.83. The predicted molar refractivity (Wildman–Crippen MR) is 107 cm³/mol. The third kappa shape index (κ3) is 4.11. The first-order valence-electron chi connectivity index (χ1n) is 9.04. The Bertz CT molecular complexity index is 993. The third-order valence-electron chi connectivity index (χ3n) is 4.54. The van der Waals surface area contributed by atoms with Crippen LogP contribution in [0.5, 0.6) is 0 Å². The highest BCUT2D eigenvalue weighted by molar-refractivity contribution is 5.95. The molecule has 8 heteroatoms. The van der Waals surface area contributed by atoms with Crippen LogP contribution in [0.1, 0.15) is 29.9 Å². The fraction of sp³-hybridized carbons (Fsp3) is 0.300. The number of amides is 3. The third-order valence-corrected chi connectivity index (χ3v) is 4.54. The van der Waals surface area contributed by atoms with Crippen LogP contribution in [-0.4, -0.2) is 45.0 Å². The summed E-state index contributed by atoms with van der Waals surface area (Å²) in [5.74, 6) is 0.368. The van der Waals surface area contributed by atoms with E-state index in [0.717, 1.165) is 16.8 Å². The van der Waals surface area contributed by atoms with Gasteiger partial charge in [-0.15, -0.1) is 10.2 Å². The van der Waals surface area contributed by atoms with E-state index in [1.807, 2.05) is 67.8 Å². The number of para-hydroxylation sites is 1. The molecule has 0 bridgehead atoms. The van der Waals surface area contributed by atoms with Gasteiger partial charge in [-0.1, -0.05) is 24.3 Å². The van der Waals surface area contributed by atoms with E-state index in [2.05, 4.69) is 20.8 Å². The summed E-state index contributed by atoms with van der Waals surface area (Å²) in [5.41, 5.74) is 3.45. The Morgan fingerprint density at radius 1 is 1.11 bits per heavy atom. The number of urea groups is 1. The normalized spacial score (nSPS) is 11.9. The first kappa shape index (κ1) is 19.3. The van der Waals surface area contributed by atoms with Gasteiger partial charge in [-0.05, 0) is 44.0 Å². The first-order valence-corrected chi connectivity index (χ1v) is 9.04. The van der Waals surface area contributed by atoms with Crippen molar-refractivity contribution in [2.24, 2.45) is 0 Å². The second kappa shape index (κ2) is 8.08. The smallest absolute Gasteiger partial charge is 0.318 e. The van der Waals surface area contributed by atoms with Gasteiger partial charge in [-0.3, -0.25) is 9.20 Å². The van der Waals surface area contributed by atoms with Crippen molar-refractivity contribution in [1.82, 2.24) is 24.8 Å². The zero-order chi connectivity index (χ0) is 20.3.